The number of rotatable bonds is 4. The molecule has 1 aromatic carbocycles. The van der Waals surface area contributed by atoms with Gasteiger partial charge >= 0.3 is 5.97 Å². The summed E-state index contributed by atoms with van der Waals surface area (Å²) < 4.78 is 18.0. The standard InChI is InChI=1S/C17H20FN3O3/c1-2-24-17(23)12-7-8-21(15(22)9-12)14-10-19-16(20-14)11-3-5-13(18)6-4-11/h3-6,10,12,15,22H,2,7-9H2,1H3,(H,19,20). The smallest absolute Gasteiger partial charge is 0.309 e. The normalized spacial score (nSPS) is 20.9. The summed E-state index contributed by atoms with van der Waals surface area (Å²) in [4.78, 5) is 21.0. The Kier molecular flexibility index (Phi) is 4.80. The average molecular weight is 333 g/mol. The number of carbonyl (C=O) groups is 1. The summed E-state index contributed by atoms with van der Waals surface area (Å²) in [6, 6.07) is 6.02. The van der Waals surface area contributed by atoms with Crippen LogP contribution < -0.4 is 4.90 Å². The Labute approximate surface area is 139 Å². The molecule has 2 N–H and O–H groups in total. The van der Waals surface area contributed by atoms with Gasteiger partial charge in [0.15, 0.2) is 0 Å². The quantitative estimate of drug-likeness (QED) is 0.840. The van der Waals surface area contributed by atoms with Crippen LogP contribution in [0.3, 0.4) is 0 Å². The van der Waals surface area contributed by atoms with Gasteiger partial charge in [-0.3, -0.25) is 4.79 Å². The Morgan fingerprint density at radius 1 is 1.46 bits per heavy atom. The van der Waals surface area contributed by atoms with Crippen molar-refractivity contribution >= 4 is 11.8 Å². The highest BCUT2D eigenvalue weighted by Gasteiger charge is 2.32. The summed E-state index contributed by atoms with van der Waals surface area (Å²) in [5.41, 5.74) is 0.763. The van der Waals surface area contributed by atoms with E-state index in [-0.39, 0.29) is 17.7 Å². The van der Waals surface area contributed by atoms with E-state index in [1.807, 2.05) is 0 Å². The maximum Gasteiger partial charge on any atom is 0.309 e. The lowest BCUT2D eigenvalue weighted by atomic mass is 9.95. The van der Waals surface area contributed by atoms with E-state index < -0.39 is 6.23 Å². The molecule has 2 unspecified atom stereocenters. The Hall–Kier alpha value is -2.41. The molecule has 2 heterocycles. The molecular formula is C17H20FN3O3. The van der Waals surface area contributed by atoms with Gasteiger partial charge in [0.2, 0.25) is 0 Å². The molecule has 24 heavy (non-hydrogen) atoms. The molecule has 0 aliphatic carbocycles. The minimum Gasteiger partial charge on any atom is -0.466 e. The number of hydrogen-bond donors (Lipinski definition) is 2. The number of nitrogens with zero attached hydrogens (tertiary/aromatic N) is 2. The third kappa shape index (κ3) is 3.41. The van der Waals surface area contributed by atoms with Crippen molar-refractivity contribution in [1.82, 2.24) is 9.97 Å². The van der Waals surface area contributed by atoms with Crippen molar-refractivity contribution in [2.75, 3.05) is 18.1 Å². The Morgan fingerprint density at radius 2 is 2.21 bits per heavy atom. The number of aliphatic hydroxyl groups is 1. The van der Waals surface area contributed by atoms with Crippen LogP contribution in [0, 0.1) is 11.7 Å². The highest BCUT2D eigenvalue weighted by molar-refractivity contribution is 5.73. The lowest BCUT2D eigenvalue weighted by Gasteiger charge is -2.35. The molecule has 7 heteroatoms. The molecular weight excluding hydrogens is 313 g/mol. The molecule has 128 valence electrons. The number of hydrogen-bond acceptors (Lipinski definition) is 5. The van der Waals surface area contributed by atoms with Crippen molar-refractivity contribution in [3.8, 4) is 11.4 Å². The molecule has 0 spiro atoms. The summed E-state index contributed by atoms with van der Waals surface area (Å²) in [5.74, 6) is 0.430. The number of nitrogens with one attached hydrogen (secondary N) is 1. The van der Waals surface area contributed by atoms with Crippen molar-refractivity contribution in [2.45, 2.75) is 26.0 Å². The number of H-pyrrole nitrogens is 1. The predicted molar refractivity (Wildman–Crippen MR) is 86.7 cm³/mol. The lowest BCUT2D eigenvalue weighted by molar-refractivity contribution is -0.150. The third-order valence-electron chi connectivity index (χ3n) is 4.18. The fourth-order valence-electron chi connectivity index (χ4n) is 2.91. The van der Waals surface area contributed by atoms with E-state index >= 15 is 0 Å². The summed E-state index contributed by atoms with van der Waals surface area (Å²) in [7, 11) is 0. The van der Waals surface area contributed by atoms with Crippen LogP contribution in [0.15, 0.2) is 30.5 Å². The van der Waals surface area contributed by atoms with Crippen LogP contribution >= 0.6 is 0 Å². The van der Waals surface area contributed by atoms with Crippen LogP contribution in [0.25, 0.3) is 11.4 Å². The molecule has 0 saturated carbocycles. The van der Waals surface area contributed by atoms with Gasteiger partial charge in [0.05, 0.1) is 18.7 Å². The second-order valence-electron chi connectivity index (χ2n) is 5.77. The first-order valence-corrected chi connectivity index (χ1v) is 8.00. The fraction of sp³-hybridized carbons (Fsp3) is 0.412. The van der Waals surface area contributed by atoms with Crippen molar-refractivity contribution in [3.05, 3.63) is 36.3 Å². The van der Waals surface area contributed by atoms with Crippen LogP contribution in [0.4, 0.5) is 10.2 Å². The first-order chi connectivity index (χ1) is 11.6. The molecule has 2 atom stereocenters. The topological polar surface area (TPSA) is 78.5 Å². The van der Waals surface area contributed by atoms with Gasteiger partial charge in [-0.05, 0) is 37.6 Å². The average Bonchev–Trinajstić information content (AvgIpc) is 3.05. The number of imidazole rings is 1. The molecule has 0 amide bonds. The largest absolute Gasteiger partial charge is 0.466 e. The van der Waals surface area contributed by atoms with Gasteiger partial charge in [-0.25, -0.2) is 9.37 Å². The molecule has 0 radical (unpaired) electrons. The number of piperidine rings is 1. The monoisotopic (exact) mass is 333 g/mol. The number of halogens is 1. The molecule has 0 bridgehead atoms. The maximum atomic E-state index is 13.0. The van der Waals surface area contributed by atoms with Gasteiger partial charge in [-0.15, -0.1) is 0 Å². The minimum absolute atomic E-state index is 0.257. The van der Waals surface area contributed by atoms with Crippen LogP contribution in [-0.2, 0) is 9.53 Å². The molecule has 1 saturated heterocycles. The SMILES string of the molecule is CCOC(=O)C1CCN(c2cnc(-c3ccc(F)cc3)[nH]2)C(O)C1. The zero-order chi connectivity index (χ0) is 17.1. The Balaban J connectivity index is 1.70. The molecule has 6 nitrogen and oxygen atoms in total. The van der Waals surface area contributed by atoms with Gasteiger partial charge in [-0.1, -0.05) is 0 Å². The molecule has 3 rings (SSSR count). The summed E-state index contributed by atoms with van der Waals surface area (Å²) in [5, 5.41) is 10.3. The number of aromatic nitrogens is 2. The third-order valence-corrected chi connectivity index (χ3v) is 4.18. The van der Waals surface area contributed by atoms with Crippen LogP contribution in [0.2, 0.25) is 0 Å². The number of aliphatic hydroxyl groups excluding tert-OH is 1. The second kappa shape index (κ2) is 7.00. The van der Waals surface area contributed by atoms with Crippen LogP contribution in [-0.4, -0.2) is 40.4 Å². The number of aromatic amines is 1. The summed E-state index contributed by atoms with van der Waals surface area (Å²) >= 11 is 0. The van der Waals surface area contributed by atoms with Crippen LogP contribution in [0.5, 0.6) is 0 Å². The van der Waals surface area contributed by atoms with E-state index in [0.29, 0.717) is 37.6 Å². The van der Waals surface area contributed by atoms with E-state index in [4.69, 9.17) is 4.74 Å². The van der Waals surface area contributed by atoms with E-state index in [0.717, 1.165) is 5.56 Å². The fourth-order valence-corrected chi connectivity index (χ4v) is 2.91. The summed E-state index contributed by atoms with van der Waals surface area (Å²) in [6.45, 7) is 2.64. The van der Waals surface area contributed by atoms with Crippen LogP contribution in [0.1, 0.15) is 19.8 Å². The summed E-state index contributed by atoms with van der Waals surface area (Å²) in [6.07, 6.45) is 1.78. The van der Waals surface area contributed by atoms with Gasteiger partial charge in [0.1, 0.15) is 23.7 Å². The molecule has 1 aliphatic rings. The van der Waals surface area contributed by atoms with Gasteiger partial charge < -0.3 is 19.7 Å². The predicted octanol–water partition coefficient (Wildman–Crippen LogP) is 2.31. The lowest BCUT2D eigenvalue weighted by Crippen LogP contribution is -2.44. The second-order valence-corrected chi connectivity index (χ2v) is 5.77. The van der Waals surface area contributed by atoms with E-state index in [1.54, 1.807) is 30.2 Å². The van der Waals surface area contributed by atoms with Crippen molar-refractivity contribution in [1.29, 1.82) is 0 Å². The first kappa shape index (κ1) is 16.4. The minimum atomic E-state index is -0.783. The van der Waals surface area contributed by atoms with E-state index in [1.165, 1.54) is 12.1 Å². The Bertz CT molecular complexity index is 701. The zero-order valence-electron chi connectivity index (χ0n) is 13.4. The number of esters is 1. The molecule has 1 fully saturated rings. The van der Waals surface area contributed by atoms with Crippen molar-refractivity contribution < 1.29 is 19.0 Å². The number of anilines is 1. The maximum absolute atomic E-state index is 13.0. The first-order valence-electron chi connectivity index (χ1n) is 8.00. The highest BCUT2D eigenvalue weighted by atomic mass is 19.1. The van der Waals surface area contributed by atoms with E-state index in [2.05, 4.69) is 9.97 Å². The number of ether oxygens (including phenoxy) is 1. The van der Waals surface area contributed by atoms with Gasteiger partial charge in [0.25, 0.3) is 0 Å². The highest BCUT2D eigenvalue weighted by Crippen LogP contribution is 2.28. The number of carbonyl (C=O) groups excluding carboxylic acids is 1. The number of benzene rings is 1. The molecule has 1 aliphatic heterocycles. The van der Waals surface area contributed by atoms with Gasteiger partial charge in [0, 0.05) is 18.5 Å². The van der Waals surface area contributed by atoms with Crippen molar-refractivity contribution in [3.63, 3.8) is 0 Å². The van der Waals surface area contributed by atoms with Crippen molar-refractivity contribution in [2.24, 2.45) is 5.92 Å². The van der Waals surface area contributed by atoms with E-state index in [9.17, 15) is 14.3 Å². The Morgan fingerprint density at radius 3 is 2.88 bits per heavy atom. The molecule has 2 aromatic rings. The zero-order valence-corrected chi connectivity index (χ0v) is 13.4. The molecule has 1 aromatic heterocycles. The van der Waals surface area contributed by atoms with Gasteiger partial charge in [-0.2, -0.15) is 0 Å².